The normalized spacial score (nSPS) is 11.4. The van der Waals surface area contributed by atoms with E-state index in [9.17, 15) is 13.2 Å². The van der Waals surface area contributed by atoms with Gasteiger partial charge in [-0.15, -0.1) is 0 Å². The fourth-order valence-corrected chi connectivity index (χ4v) is 1.63. The summed E-state index contributed by atoms with van der Waals surface area (Å²) in [5.74, 6) is 0.128. The molecule has 0 spiro atoms. The molecule has 1 aromatic carbocycles. The first-order valence-electron chi connectivity index (χ1n) is 5.49. The van der Waals surface area contributed by atoms with Crippen molar-refractivity contribution in [2.45, 2.75) is 12.6 Å². The highest BCUT2D eigenvalue weighted by atomic mass is 32.1. The molecule has 0 unspecified atom stereocenters. The standard InChI is InChI=1S/C12H14F3NO2S/c1-17-5-2-6-18-8-3-4-9(11(16)19)10(7-8)12(13,14)15/h3-4,7H,2,5-6H2,1H3,(H2,16,19). The predicted molar refractivity (Wildman–Crippen MR) is 69.3 cm³/mol. The van der Waals surface area contributed by atoms with Gasteiger partial charge < -0.3 is 15.2 Å². The Bertz CT molecular complexity index is 449. The second-order valence-electron chi connectivity index (χ2n) is 3.76. The van der Waals surface area contributed by atoms with Gasteiger partial charge in [-0.05, 0) is 18.2 Å². The van der Waals surface area contributed by atoms with E-state index in [1.165, 1.54) is 12.1 Å². The number of hydrogen-bond acceptors (Lipinski definition) is 3. The van der Waals surface area contributed by atoms with Crippen LogP contribution in [0, 0.1) is 0 Å². The Morgan fingerprint density at radius 3 is 2.53 bits per heavy atom. The van der Waals surface area contributed by atoms with Crippen molar-refractivity contribution < 1.29 is 22.6 Å². The van der Waals surface area contributed by atoms with Crippen LogP contribution >= 0.6 is 12.2 Å². The fraction of sp³-hybridized carbons (Fsp3) is 0.417. The SMILES string of the molecule is COCCCOc1ccc(C(N)=S)c(C(F)(F)F)c1. The van der Waals surface area contributed by atoms with Crippen LogP contribution < -0.4 is 10.5 Å². The van der Waals surface area contributed by atoms with Crippen molar-refractivity contribution in [2.24, 2.45) is 5.73 Å². The van der Waals surface area contributed by atoms with Gasteiger partial charge in [0.25, 0.3) is 0 Å². The van der Waals surface area contributed by atoms with E-state index in [0.29, 0.717) is 13.0 Å². The molecule has 19 heavy (non-hydrogen) atoms. The number of halogens is 3. The molecule has 0 aliphatic carbocycles. The molecule has 0 aliphatic heterocycles. The Hall–Kier alpha value is -1.34. The largest absolute Gasteiger partial charge is 0.493 e. The summed E-state index contributed by atoms with van der Waals surface area (Å²) >= 11 is 4.60. The van der Waals surface area contributed by atoms with E-state index in [-0.39, 0.29) is 22.9 Å². The summed E-state index contributed by atoms with van der Waals surface area (Å²) in [5, 5.41) is 0. The molecular weight excluding hydrogens is 279 g/mol. The van der Waals surface area contributed by atoms with E-state index in [0.717, 1.165) is 6.07 Å². The van der Waals surface area contributed by atoms with Crippen LogP contribution in [0.5, 0.6) is 5.75 Å². The molecule has 0 aliphatic rings. The molecule has 0 fully saturated rings. The number of ether oxygens (including phenoxy) is 2. The Morgan fingerprint density at radius 2 is 2.00 bits per heavy atom. The number of benzene rings is 1. The maximum absolute atomic E-state index is 12.8. The summed E-state index contributed by atoms with van der Waals surface area (Å²) in [6.07, 6.45) is -3.93. The first kappa shape index (κ1) is 15.7. The summed E-state index contributed by atoms with van der Waals surface area (Å²) in [6, 6.07) is 3.54. The van der Waals surface area contributed by atoms with E-state index < -0.39 is 11.7 Å². The van der Waals surface area contributed by atoms with E-state index >= 15 is 0 Å². The highest BCUT2D eigenvalue weighted by Gasteiger charge is 2.34. The van der Waals surface area contributed by atoms with Crippen LogP contribution in [0.3, 0.4) is 0 Å². The van der Waals surface area contributed by atoms with E-state index in [2.05, 4.69) is 12.2 Å². The predicted octanol–water partition coefficient (Wildman–Crippen LogP) is 2.75. The summed E-state index contributed by atoms with van der Waals surface area (Å²) < 4.78 is 48.6. The van der Waals surface area contributed by atoms with E-state index in [1.54, 1.807) is 7.11 Å². The number of nitrogens with two attached hydrogens (primary N) is 1. The lowest BCUT2D eigenvalue weighted by atomic mass is 10.1. The maximum Gasteiger partial charge on any atom is 0.417 e. The highest BCUT2D eigenvalue weighted by Crippen LogP contribution is 2.34. The minimum Gasteiger partial charge on any atom is -0.493 e. The first-order chi connectivity index (χ1) is 8.86. The molecule has 1 rings (SSSR count). The lowest BCUT2D eigenvalue weighted by molar-refractivity contribution is -0.137. The van der Waals surface area contributed by atoms with Crippen molar-refractivity contribution in [3.8, 4) is 5.75 Å². The van der Waals surface area contributed by atoms with E-state index in [1.807, 2.05) is 0 Å². The Balaban J connectivity index is 2.90. The quantitative estimate of drug-likeness (QED) is 0.647. The molecule has 0 saturated heterocycles. The van der Waals surface area contributed by atoms with Crippen LogP contribution in [0.15, 0.2) is 18.2 Å². The molecule has 106 valence electrons. The second kappa shape index (κ2) is 6.72. The van der Waals surface area contributed by atoms with Gasteiger partial charge >= 0.3 is 6.18 Å². The number of methoxy groups -OCH3 is 1. The van der Waals surface area contributed by atoms with Gasteiger partial charge in [-0.1, -0.05) is 12.2 Å². The lowest BCUT2D eigenvalue weighted by Crippen LogP contribution is -2.18. The Labute approximate surface area is 114 Å². The van der Waals surface area contributed by atoms with Gasteiger partial charge in [-0.25, -0.2) is 0 Å². The third-order valence-corrected chi connectivity index (χ3v) is 2.54. The number of thiocarbonyl (C=S) groups is 1. The minimum atomic E-state index is -4.52. The lowest BCUT2D eigenvalue weighted by Gasteiger charge is -2.14. The molecule has 0 bridgehead atoms. The maximum atomic E-state index is 12.8. The molecule has 0 atom stereocenters. The van der Waals surface area contributed by atoms with Crippen molar-refractivity contribution in [3.63, 3.8) is 0 Å². The smallest absolute Gasteiger partial charge is 0.417 e. The summed E-state index contributed by atoms with van der Waals surface area (Å²) in [7, 11) is 1.54. The van der Waals surface area contributed by atoms with Gasteiger partial charge in [-0.3, -0.25) is 0 Å². The molecule has 1 aromatic rings. The number of alkyl halides is 3. The average Bonchev–Trinajstić information content (AvgIpc) is 2.33. The number of rotatable bonds is 6. The van der Waals surface area contributed by atoms with Crippen LogP contribution in [-0.2, 0) is 10.9 Å². The molecule has 0 saturated carbocycles. The first-order valence-corrected chi connectivity index (χ1v) is 5.90. The van der Waals surface area contributed by atoms with Gasteiger partial charge in [0.1, 0.15) is 10.7 Å². The van der Waals surface area contributed by atoms with Crippen molar-refractivity contribution in [3.05, 3.63) is 29.3 Å². The van der Waals surface area contributed by atoms with Gasteiger partial charge in [0.15, 0.2) is 0 Å². The van der Waals surface area contributed by atoms with E-state index in [4.69, 9.17) is 15.2 Å². The zero-order chi connectivity index (χ0) is 14.5. The second-order valence-corrected chi connectivity index (χ2v) is 4.20. The van der Waals surface area contributed by atoms with Crippen molar-refractivity contribution >= 4 is 17.2 Å². The van der Waals surface area contributed by atoms with Crippen LogP contribution in [0.2, 0.25) is 0 Å². The van der Waals surface area contributed by atoms with Gasteiger partial charge in [0.05, 0.1) is 12.2 Å². The Morgan fingerprint density at radius 1 is 1.32 bits per heavy atom. The molecule has 0 amide bonds. The van der Waals surface area contributed by atoms with Crippen molar-refractivity contribution in [1.82, 2.24) is 0 Å². The van der Waals surface area contributed by atoms with Gasteiger partial charge in [0.2, 0.25) is 0 Å². The molecule has 7 heteroatoms. The Kier molecular flexibility index (Phi) is 5.56. The summed E-state index contributed by atoms with van der Waals surface area (Å²) in [4.78, 5) is -0.293. The topological polar surface area (TPSA) is 44.5 Å². The van der Waals surface area contributed by atoms with Crippen molar-refractivity contribution in [1.29, 1.82) is 0 Å². The summed E-state index contributed by atoms with van der Waals surface area (Å²) in [5.41, 5.74) is 4.19. The molecule has 0 heterocycles. The number of hydrogen-bond donors (Lipinski definition) is 1. The monoisotopic (exact) mass is 293 g/mol. The molecular formula is C12H14F3NO2S. The fourth-order valence-electron chi connectivity index (χ4n) is 1.46. The zero-order valence-corrected chi connectivity index (χ0v) is 11.1. The van der Waals surface area contributed by atoms with Crippen LogP contribution in [-0.4, -0.2) is 25.3 Å². The zero-order valence-electron chi connectivity index (χ0n) is 10.3. The third-order valence-electron chi connectivity index (χ3n) is 2.32. The molecule has 2 N–H and O–H groups in total. The van der Waals surface area contributed by atoms with Crippen LogP contribution in [0.4, 0.5) is 13.2 Å². The minimum absolute atomic E-state index is 0.128. The van der Waals surface area contributed by atoms with Crippen LogP contribution in [0.1, 0.15) is 17.5 Å². The molecule has 0 radical (unpaired) electrons. The van der Waals surface area contributed by atoms with Crippen LogP contribution in [0.25, 0.3) is 0 Å². The highest BCUT2D eigenvalue weighted by molar-refractivity contribution is 7.80. The summed E-state index contributed by atoms with van der Waals surface area (Å²) in [6.45, 7) is 0.759. The molecule has 3 nitrogen and oxygen atoms in total. The third kappa shape index (κ3) is 4.68. The van der Waals surface area contributed by atoms with Gasteiger partial charge in [-0.2, -0.15) is 13.2 Å². The van der Waals surface area contributed by atoms with Gasteiger partial charge in [0, 0.05) is 25.7 Å². The van der Waals surface area contributed by atoms with Crippen molar-refractivity contribution in [2.75, 3.05) is 20.3 Å². The average molecular weight is 293 g/mol. The molecule has 0 aromatic heterocycles.